The molecule has 0 saturated carbocycles. The summed E-state index contributed by atoms with van der Waals surface area (Å²) in [5.74, 6) is 1.44. The highest BCUT2D eigenvalue weighted by Gasteiger charge is 2.23. The van der Waals surface area contributed by atoms with Crippen LogP contribution in [0.2, 0.25) is 0 Å². The summed E-state index contributed by atoms with van der Waals surface area (Å²) >= 11 is 1.49. The van der Waals surface area contributed by atoms with Crippen molar-refractivity contribution in [1.29, 1.82) is 0 Å². The molecule has 1 atom stereocenters. The van der Waals surface area contributed by atoms with Gasteiger partial charge in [-0.05, 0) is 49.8 Å². The van der Waals surface area contributed by atoms with Gasteiger partial charge in [0, 0.05) is 37.4 Å². The topological polar surface area (TPSA) is 93.9 Å². The number of carbonyl (C=O) groups is 1. The molecule has 1 saturated heterocycles. The van der Waals surface area contributed by atoms with Gasteiger partial charge >= 0.3 is 0 Å². The number of amides is 1. The van der Waals surface area contributed by atoms with Gasteiger partial charge < -0.3 is 14.8 Å². The van der Waals surface area contributed by atoms with E-state index in [1.165, 1.54) is 11.8 Å². The standard InChI is InChI=1S/C24H32N6O3S/c1-16-20(17(2)30-23(26-16)27-24(28-30)34-4)9-10-22(31)25-15-21(29-11-13-33-14-12-29)18-5-7-19(32-3)8-6-18/h5-8,21H,9-15H2,1-4H3,(H,25,31)/t21-/m1/s1. The number of carbonyl (C=O) groups excluding carboxylic acids is 1. The van der Waals surface area contributed by atoms with E-state index in [0.717, 1.165) is 41.4 Å². The fourth-order valence-electron chi connectivity index (χ4n) is 4.35. The Labute approximate surface area is 204 Å². The summed E-state index contributed by atoms with van der Waals surface area (Å²) in [6, 6.07) is 8.15. The molecule has 1 aliphatic rings. The van der Waals surface area contributed by atoms with Gasteiger partial charge in [-0.3, -0.25) is 9.69 Å². The molecule has 182 valence electrons. The lowest BCUT2D eigenvalue weighted by Crippen LogP contribution is -2.43. The number of thioether (sulfide) groups is 1. The summed E-state index contributed by atoms with van der Waals surface area (Å²) in [5, 5.41) is 8.35. The molecule has 9 nitrogen and oxygen atoms in total. The lowest BCUT2D eigenvalue weighted by molar-refractivity contribution is -0.121. The van der Waals surface area contributed by atoms with Crippen molar-refractivity contribution in [2.45, 2.75) is 37.9 Å². The van der Waals surface area contributed by atoms with E-state index in [9.17, 15) is 4.79 Å². The molecule has 10 heteroatoms. The van der Waals surface area contributed by atoms with Gasteiger partial charge in [0.1, 0.15) is 5.75 Å². The molecule has 3 heterocycles. The number of methoxy groups -OCH3 is 1. The quantitative estimate of drug-likeness (QED) is 0.463. The third kappa shape index (κ3) is 5.51. The normalized spacial score (nSPS) is 15.4. The zero-order valence-corrected chi connectivity index (χ0v) is 21.0. The van der Waals surface area contributed by atoms with Crippen molar-refractivity contribution in [3.05, 3.63) is 46.8 Å². The first-order valence-corrected chi connectivity index (χ1v) is 12.7. The zero-order valence-electron chi connectivity index (χ0n) is 20.2. The lowest BCUT2D eigenvalue weighted by Gasteiger charge is -2.35. The van der Waals surface area contributed by atoms with Crippen molar-refractivity contribution in [2.24, 2.45) is 0 Å². The molecular weight excluding hydrogens is 452 g/mol. The van der Waals surface area contributed by atoms with Crippen LogP contribution in [0.4, 0.5) is 0 Å². The van der Waals surface area contributed by atoms with Crippen LogP contribution < -0.4 is 10.1 Å². The van der Waals surface area contributed by atoms with E-state index in [1.807, 2.05) is 32.2 Å². The van der Waals surface area contributed by atoms with Crippen molar-refractivity contribution < 1.29 is 14.3 Å². The molecular formula is C24H32N6O3S. The predicted molar refractivity (Wildman–Crippen MR) is 131 cm³/mol. The Bertz CT molecular complexity index is 1130. The first-order valence-electron chi connectivity index (χ1n) is 11.5. The number of ether oxygens (including phenoxy) is 2. The van der Waals surface area contributed by atoms with E-state index in [0.29, 0.717) is 43.5 Å². The molecule has 4 rings (SSSR count). The Morgan fingerprint density at radius 1 is 1.21 bits per heavy atom. The maximum absolute atomic E-state index is 12.8. The minimum atomic E-state index is 0.0223. The number of hydrogen-bond donors (Lipinski definition) is 1. The minimum absolute atomic E-state index is 0.0223. The van der Waals surface area contributed by atoms with Crippen LogP contribution in [0.5, 0.6) is 5.75 Å². The van der Waals surface area contributed by atoms with E-state index in [-0.39, 0.29) is 11.9 Å². The largest absolute Gasteiger partial charge is 0.497 e. The molecule has 1 aliphatic heterocycles. The molecule has 3 aromatic rings. The van der Waals surface area contributed by atoms with E-state index < -0.39 is 0 Å². The monoisotopic (exact) mass is 484 g/mol. The maximum atomic E-state index is 12.8. The molecule has 0 aliphatic carbocycles. The van der Waals surface area contributed by atoms with Crippen LogP contribution in [0.1, 0.15) is 35.0 Å². The van der Waals surface area contributed by atoms with Gasteiger partial charge in [0.15, 0.2) is 0 Å². The lowest BCUT2D eigenvalue weighted by atomic mass is 10.0. The van der Waals surface area contributed by atoms with Crippen LogP contribution >= 0.6 is 11.8 Å². The fourth-order valence-corrected chi connectivity index (χ4v) is 4.68. The number of hydrogen-bond acceptors (Lipinski definition) is 8. The van der Waals surface area contributed by atoms with Crippen molar-refractivity contribution in [3.63, 3.8) is 0 Å². The summed E-state index contributed by atoms with van der Waals surface area (Å²) in [7, 11) is 1.66. The average molecular weight is 485 g/mol. The fraction of sp³-hybridized carbons (Fsp3) is 0.500. The molecule has 34 heavy (non-hydrogen) atoms. The van der Waals surface area contributed by atoms with Gasteiger partial charge in [-0.25, -0.2) is 9.50 Å². The summed E-state index contributed by atoms with van der Waals surface area (Å²) in [6.07, 6.45) is 2.93. The highest BCUT2D eigenvalue weighted by Crippen LogP contribution is 2.24. The van der Waals surface area contributed by atoms with Crippen LogP contribution in [0.15, 0.2) is 29.4 Å². The molecule has 0 unspecified atom stereocenters. The van der Waals surface area contributed by atoms with Crippen LogP contribution in [0.3, 0.4) is 0 Å². The van der Waals surface area contributed by atoms with Crippen LogP contribution in [0, 0.1) is 13.8 Å². The number of aryl methyl sites for hydroxylation is 2. The van der Waals surface area contributed by atoms with Gasteiger partial charge in [0.2, 0.25) is 11.1 Å². The number of nitrogens with zero attached hydrogens (tertiary/aromatic N) is 5. The van der Waals surface area contributed by atoms with E-state index in [2.05, 4.69) is 37.4 Å². The zero-order chi connectivity index (χ0) is 24.1. The molecule has 1 fully saturated rings. The number of fused-ring (bicyclic) bond motifs is 1. The van der Waals surface area contributed by atoms with Crippen LogP contribution in [0.25, 0.3) is 5.78 Å². The van der Waals surface area contributed by atoms with E-state index in [1.54, 1.807) is 11.6 Å². The SMILES string of the molecule is COc1ccc([C@@H](CNC(=O)CCc2c(C)nc3nc(SC)nn3c2C)N2CCOCC2)cc1. The van der Waals surface area contributed by atoms with Crippen LogP contribution in [-0.4, -0.2) is 76.6 Å². The second-order valence-corrected chi connectivity index (χ2v) is 9.09. The van der Waals surface area contributed by atoms with Gasteiger partial charge in [0.25, 0.3) is 5.78 Å². The Hall–Kier alpha value is -2.69. The Morgan fingerprint density at radius 2 is 1.94 bits per heavy atom. The van der Waals surface area contributed by atoms with Gasteiger partial charge in [-0.1, -0.05) is 23.9 Å². The highest BCUT2D eigenvalue weighted by molar-refractivity contribution is 7.98. The summed E-state index contributed by atoms with van der Waals surface area (Å²) < 4.78 is 12.6. The molecule has 1 N–H and O–H groups in total. The predicted octanol–water partition coefficient (Wildman–Crippen LogP) is 2.59. The number of aromatic nitrogens is 4. The second-order valence-electron chi connectivity index (χ2n) is 8.31. The minimum Gasteiger partial charge on any atom is -0.497 e. The van der Waals surface area contributed by atoms with Gasteiger partial charge in [-0.2, -0.15) is 4.98 Å². The smallest absolute Gasteiger partial charge is 0.253 e. The highest BCUT2D eigenvalue weighted by atomic mass is 32.2. The van der Waals surface area contributed by atoms with Crippen molar-refractivity contribution >= 4 is 23.4 Å². The molecule has 0 radical (unpaired) electrons. The number of rotatable bonds is 9. The average Bonchev–Trinajstić information content (AvgIpc) is 3.28. The Kier molecular flexibility index (Phi) is 8.02. The first-order chi connectivity index (χ1) is 16.5. The third-order valence-electron chi connectivity index (χ3n) is 6.29. The van der Waals surface area contributed by atoms with Crippen molar-refractivity contribution in [1.82, 2.24) is 29.8 Å². The van der Waals surface area contributed by atoms with Crippen molar-refractivity contribution in [2.75, 3.05) is 46.2 Å². The van der Waals surface area contributed by atoms with Gasteiger partial charge in [-0.15, -0.1) is 5.10 Å². The number of nitrogens with one attached hydrogen (secondary N) is 1. The first kappa shape index (κ1) is 24.4. The van der Waals surface area contributed by atoms with Crippen molar-refractivity contribution in [3.8, 4) is 5.75 Å². The molecule has 1 amide bonds. The number of benzene rings is 1. The third-order valence-corrected chi connectivity index (χ3v) is 6.83. The number of morpholine rings is 1. The second kappa shape index (κ2) is 11.2. The molecule has 0 bridgehead atoms. The maximum Gasteiger partial charge on any atom is 0.253 e. The summed E-state index contributed by atoms with van der Waals surface area (Å²) in [6.45, 7) is 7.60. The molecule has 0 spiro atoms. The summed E-state index contributed by atoms with van der Waals surface area (Å²) in [5.41, 5.74) is 4.06. The Balaban J connectivity index is 1.41. The van der Waals surface area contributed by atoms with Crippen LogP contribution in [-0.2, 0) is 16.0 Å². The summed E-state index contributed by atoms with van der Waals surface area (Å²) in [4.78, 5) is 24.2. The molecule has 1 aromatic carbocycles. The van der Waals surface area contributed by atoms with E-state index >= 15 is 0 Å². The van der Waals surface area contributed by atoms with Gasteiger partial charge in [0.05, 0.1) is 26.4 Å². The van der Waals surface area contributed by atoms with E-state index in [4.69, 9.17) is 9.47 Å². The molecule has 2 aromatic heterocycles. The Morgan fingerprint density at radius 3 is 2.62 bits per heavy atom.